The SMILES string of the molecule is Cc1ncc2c(n1)C1(CCCN(C(=O)c3n[nH]c4c3CCCC4)C1)CC2. The van der Waals surface area contributed by atoms with Crippen molar-refractivity contribution in [3.05, 3.63) is 40.2 Å². The average molecular weight is 351 g/mol. The third-order valence-electron chi connectivity index (χ3n) is 6.48. The number of piperidine rings is 1. The van der Waals surface area contributed by atoms with Gasteiger partial charge in [-0.15, -0.1) is 0 Å². The fourth-order valence-electron chi connectivity index (χ4n) is 5.14. The summed E-state index contributed by atoms with van der Waals surface area (Å²) in [7, 11) is 0. The van der Waals surface area contributed by atoms with Crippen LogP contribution in [0.3, 0.4) is 0 Å². The van der Waals surface area contributed by atoms with Crippen LogP contribution in [0.2, 0.25) is 0 Å². The zero-order valence-corrected chi connectivity index (χ0v) is 15.3. The molecule has 0 saturated carbocycles. The second-order valence-corrected chi connectivity index (χ2v) is 8.14. The van der Waals surface area contributed by atoms with Gasteiger partial charge in [0.2, 0.25) is 0 Å². The molecule has 0 radical (unpaired) electrons. The number of aryl methyl sites for hydroxylation is 3. The molecule has 26 heavy (non-hydrogen) atoms. The van der Waals surface area contributed by atoms with Gasteiger partial charge >= 0.3 is 0 Å². The average Bonchev–Trinajstić information content (AvgIpc) is 3.24. The molecule has 1 aliphatic heterocycles. The van der Waals surface area contributed by atoms with Crippen LogP contribution < -0.4 is 0 Å². The monoisotopic (exact) mass is 351 g/mol. The fraction of sp³-hybridized carbons (Fsp3) is 0.600. The van der Waals surface area contributed by atoms with Gasteiger partial charge in [-0.1, -0.05) is 0 Å². The molecule has 1 N–H and O–H groups in total. The number of amides is 1. The van der Waals surface area contributed by atoms with Crippen LogP contribution in [0.15, 0.2) is 6.20 Å². The summed E-state index contributed by atoms with van der Waals surface area (Å²) in [5.41, 5.74) is 5.45. The van der Waals surface area contributed by atoms with Crippen molar-refractivity contribution in [1.82, 2.24) is 25.1 Å². The van der Waals surface area contributed by atoms with Gasteiger partial charge < -0.3 is 4.90 Å². The highest BCUT2D eigenvalue weighted by Crippen LogP contribution is 2.44. The highest BCUT2D eigenvalue weighted by molar-refractivity contribution is 5.94. The van der Waals surface area contributed by atoms with Crippen molar-refractivity contribution in [2.75, 3.05) is 13.1 Å². The van der Waals surface area contributed by atoms with Gasteiger partial charge in [-0.25, -0.2) is 9.97 Å². The number of fused-ring (bicyclic) bond motifs is 3. The van der Waals surface area contributed by atoms with Crippen molar-refractivity contribution < 1.29 is 4.79 Å². The van der Waals surface area contributed by atoms with Crippen LogP contribution in [0.1, 0.15) is 70.9 Å². The van der Waals surface area contributed by atoms with E-state index >= 15 is 0 Å². The third kappa shape index (κ3) is 2.38. The van der Waals surface area contributed by atoms with E-state index < -0.39 is 0 Å². The van der Waals surface area contributed by atoms with E-state index in [1.807, 2.05) is 18.0 Å². The number of carbonyl (C=O) groups is 1. The van der Waals surface area contributed by atoms with E-state index in [0.29, 0.717) is 5.69 Å². The van der Waals surface area contributed by atoms with Crippen LogP contribution in [-0.2, 0) is 24.7 Å². The lowest BCUT2D eigenvalue weighted by Crippen LogP contribution is -2.48. The molecular formula is C20H25N5O. The van der Waals surface area contributed by atoms with E-state index in [0.717, 1.165) is 69.4 Å². The van der Waals surface area contributed by atoms with E-state index in [4.69, 9.17) is 4.98 Å². The molecule has 3 aliphatic rings. The van der Waals surface area contributed by atoms with E-state index in [1.165, 1.54) is 23.4 Å². The molecule has 1 saturated heterocycles. The summed E-state index contributed by atoms with van der Waals surface area (Å²) in [6.45, 7) is 3.53. The minimum atomic E-state index is 0.00725. The number of rotatable bonds is 1. The molecule has 3 heterocycles. The van der Waals surface area contributed by atoms with Crippen LogP contribution in [0.4, 0.5) is 0 Å². The topological polar surface area (TPSA) is 74.8 Å². The summed E-state index contributed by atoms with van der Waals surface area (Å²) in [5.74, 6) is 0.928. The molecule has 2 aromatic heterocycles. The predicted molar refractivity (Wildman–Crippen MR) is 97.1 cm³/mol. The number of nitrogens with zero attached hydrogens (tertiary/aromatic N) is 4. The molecule has 1 atom stereocenters. The molecule has 0 bridgehead atoms. The van der Waals surface area contributed by atoms with Gasteiger partial charge in [-0.3, -0.25) is 9.89 Å². The molecule has 6 heteroatoms. The Morgan fingerprint density at radius 1 is 1.19 bits per heavy atom. The van der Waals surface area contributed by atoms with Gasteiger partial charge in [-0.05, 0) is 63.9 Å². The molecule has 0 aromatic carbocycles. The van der Waals surface area contributed by atoms with Gasteiger partial charge in [0.05, 0.1) is 5.69 Å². The lowest BCUT2D eigenvalue weighted by Gasteiger charge is -2.40. The van der Waals surface area contributed by atoms with Crippen molar-refractivity contribution >= 4 is 5.91 Å². The van der Waals surface area contributed by atoms with Gasteiger partial charge in [-0.2, -0.15) is 5.10 Å². The minimum absolute atomic E-state index is 0.00725. The number of H-pyrrole nitrogens is 1. The van der Waals surface area contributed by atoms with Gasteiger partial charge in [0.25, 0.3) is 5.91 Å². The largest absolute Gasteiger partial charge is 0.336 e. The minimum Gasteiger partial charge on any atom is -0.336 e. The Labute approximate surface area is 153 Å². The summed E-state index contributed by atoms with van der Waals surface area (Å²) < 4.78 is 0. The number of hydrogen-bond acceptors (Lipinski definition) is 4. The third-order valence-corrected chi connectivity index (χ3v) is 6.48. The first-order valence-electron chi connectivity index (χ1n) is 9.85. The van der Waals surface area contributed by atoms with Gasteiger partial charge in [0.15, 0.2) is 5.69 Å². The van der Waals surface area contributed by atoms with E-state index in [-0.39, 0.29) is 11.3 Å². The second-order valence-electron chi connectivity index (χ2n) is 8.14. The molecule has 2 aromatic rings. The summed E-state index contributed by atoms with van der Waals surface area (Å²) >= 11 is 0. The lowest BCUT2D eigenvalue weighted by atomic mass is 9.77. The van der Waals surface area contributed by atoms with Crippen molar-refractivity contribution in [3.63, 3.8) is 0 Å². The first-order chi connectivity index (χ1) is 12.7. The molecule has 5 rings (SSSR count). The quantitative estimate of drug-likeness (QED) is 0.857. The van der Waals surface area contributed by atoms with Crippen LogP contribution in [0.5, 0.6) is 0 Å². The highest BCUT2D eigenvalue weighted by Gasteiger charge is 2.45. The van der Waals surface area contributed by atoms with E-state index in [9.17, 15) is 4.79 Å². The Bertz CT molecular complexity index is 869. The van der Waals surface area contributed by atoms with Crippen LogP contribution in [0.25, 0.3) is 0 Å². The number of carbonyl (C=O) groups excluding carboxylic acids is 1. The Morgan fingerprint density at radius 3 is 3.00 bits per heavy atom. The number of aromatic amines is 1. The number of hydrogen-bond donors (Lipinski definition) is 1. The van der Waals surface area contributed by atoms with E-state index in [1.54, 1.807) is 0 Å². The second kappa shape index (κ2) is 5.89. The summed E-state index contributed by atoms with van der Waals surface area (Å²) in [4.78, 5) is 24.4. The maximum atomic E-state index is 13.3. The fourth-order valence-corrected chi connectivity index (χ4v) is 5.14. The summed E-state index contributed by atoms with van der Waals surface area (Å²) in [6, 6.07) is 0. The molecule has 6 nitrogen and oxygen atoms in total. The van der Waals surface area contributed by atoms with Crippen molar-refractivity contribution in [2.24, 2.45) is 0 Å². The predicted octanol–water partition coefficient (Wildman–Crippen LogP) is 2.51. The molecule has 1 unspecified atom stereocenters. The molecule has 136 valence electrons. The van der Waals surface area contributed by atoms with Crippen LogP contribution in [0, 0.1) is 6.92 Å². The lowest BCUT2D eigenvalue weighted by molar-refractivity contribution is 0.0626. The molecule has 1 spiro atoms. The zero-order valence-electron chi connectivity index (χ0n) is 15.3. The normalized spacial score (nSPS) is 24.6. The maximum Gasteiger partial charge on any atom is 0.274 e. The standard InChI is InChI=1S/C20H25N5O/c1-13-21-11-14-7-9-20(18(14)22-13)8-4-10-25(12-20)19(26)17-15-5-2-3-6-16(15)23-24-17/h11H,2-10,12H2,1H3,(H,23,24). The summed E-state index contributed by atoms with van der Waals surface area (Å²) in [5, 5.41) is 7.52. The molecule has 1 fully saturated rings. The summed E-state index contributed by atoms with van der Waals surface area (Å²) in [6.07, 6.45) is 10.5. The van der Waals surface area contributed by atoms with Crippen LogP contribution >= 0.6 is 0 Å². The first-order valence-corrected chi connectivity index (χ1v) is 9.85. The smallest absolute Gasteiger partial charge is 0.274 e. The molecular weight excluding hydrogens is 326 g/mol. The number of aromatic nitrogens is 4. The Kier molecular flexibility index (Phi) is 3.62. The van der Waals surface area contributed by atoms with Crippen molar-refractivity contribution in [3.8, 4) is 0 Å². The maximum absolute atomic E-state index is 13.3. The van der Waals surface area contributed by atoms with Gasteiger partial charge in [0, 0.05) is 36.0 Å². The zero-order chi connectivity index (χ0) is 17.7. The number of likely N-dealkylation sites (tertiary alicyclic amines) is 1. The van der Waals surface area contributed by atoms with Crippen LogP contribution in [-0.4, -0.2) is 44.1 Å². The highest BCUT2D eigenvalue weighted by atomic mass is 16.2. The van der Waals surface area contributed by atoms with Crippen molar-refractivity contribution in [1.29, 1.82) is 0 Å². The molecule has 1 amide bonds. The molecule has 2 aliphatic carbocycles. The van der Waals surface area contributed by atoms with E-state index in [2.05, 4.69) is 15.2 Å². The Morgan fingerprint density at radius 2 is 2.08 bits per heavy atom. The van der Waals surface area contributed by atoms with Gasteiger partial charge in [0.1, 0.15) is 5.82 Å². The Balaban J connectivity index is 1.45. The Hall–Kier alpha value is -2.24. The van der Waals surface area contributed by atoms with Crippen molar-refractivity contribution in [2.45, 2.75) is 63.7 Å². The first kappa shape index (κ1) is 16.0. The number of nitrogens with one attached hydrogen (secondary N) is 1.